The van der Waals surface area contributed by atoms with Gasteiger partial charge in [-0.2, -0.15) is 0 Å². The lowest BCUT2D eigenvalue weighted by atomic mass is 10.1. The van der Waals surface area contributed by atoms with Crippen molar-refractivity contribution in [2.75, 3.05) is 32.5 Å². The molecule has 2 saturated heterocycles. The number of nitrogens with one attached hydrogen (secondary N) is 1. The molecule has 19 heavy (non-hydrogen) atoms. The fraction of sp³-hybridized carbons (Fsp3) is 1.00. The van der Waals surface area contributed by atoms with Crippen LogP contribution in [0.1, 0.15) is 6.42 Å². The second-order valence-corrected chi connectivity index (χ2v) is 6.98. The van der Waals surface area contributed by atoms with Gasteiger partial charge in [-0.3, -0.25) is 4.90 Å². The van der Waals surface area contributed by atoms with Gasteiger partial charge in [-0.1, -0.05) is 0 Å². The van der Waals surface area contributed by atoms with E-state index in [-0.39, 0.29) is 32.7 Å². The van der Waals surface area contributed by atoms with Gasteiger partial charge < -0.3 is 9.84 Å². The molecule has 3 atom stereocenters. The second kappa shape index (κ2) is 5.21. The van der Waals surface area contributed by atoms with Crippen LogP contribution in [0.25, 0.3) is 0 Å². The maximum Gasteiger partial charge on any atom is 0.261 e. The average molecular weight is 300 g/mol. The van der Waals surface area contributed by atoms with Gasteiger partial charge in [-0.05, 0) is 0 Å². The molecule has 0 aromatic rings. The number of ether oxygens (including phenoxy) is 1. The molecule has 2 rings (SSSR count). The van der Waals surface area contributed by atoms with Crippen molar-refractivity contribution in [2.45, 2.75) is 30.6 Å². The topological polar surface area (TPSA) is 78.9 Å². The monoisotopic (exact) mass is 300 g/mol. The molecule has 0 aromatic carbocycles. The van der Waals surface area contributed by atoms with Crippen LogP contribution in [0.5, 0.6) is 0 Å². The number of nitrogens with zero attached hydrogens (tertiary/aromatic N) is 1. The van der Waals surface area contributed by atoms with Gasteiger partial charge in [-0.25, -0.2) is 21.9 Å². The van der Waals surface area contributed by atoms with Crippen molar-refractivity contribution in [3.8, 4) is 0 Å². The van der Waals surface area contributed by atoms with E-state index in [1.165, 1.54) is 4.90 Å². The number of hydrogen-bond acceptors (Lipinski definition) is 5. The van der Waals surface area contributed by atoms with Crippen LogP contribution in [-0.2, 0) is 14.8 Å². The SMILES string of the molecule is CS(=O)(=O)N[C@H]1CO[C@@H](CN2CCC(F)(F)C2)[C@@H]1O. The summed E-state index contributed by atoms with van der Waals surface area (Å²) in [7, 11) is -3.43. The first kappa shape index (κ1) is 15.0. The van der Waals surface area contributed by atoms with Gasteiger partial charge in [0.25, 0.3) is 5.92 Å². The summed E-state index contributed by atoms with van der Waals surface area (Å²) in [6.45, 7) is 0.134. The first-order valence-corrected chi connectivity index (χ1v) is 7.93. The molecule has 2 N–H and O–H groups in total. The number of hydrogen-bond donors (Lipinski definition) is 2. The zero-order valence-electron chi connectivity index (χ0n) is 10.6. The fourth-order valence-electron chi connectivity index (χ4n) is 2.44. The first-order valence-electron chi connectivity index (χ1n) is 6.03. The van der Waals surface area contributed by atoms with Gasteiger partial charge in [0.05, 0.1) is 37.7 Å². The summed E-state index contributed by atoms with van der Waals surface area (Å²) >= 11 is 0. The molecule has 0 saturated carbocycles. The number of likely N-dealkylation sites (tertiary alicyclic amines) is 1. The Balaban J connectivity index is 1.87. The van der Waals surface area contributed by atoms with E-state index >= 15 is 0 Å². The molecule has 112 valence electrons. The average Bonchev–Trinajstić information content (AvgIpc) is 2.73. The Morgan fingerprint density at radius 1 is 1.53 bits per heavy atom. The lowest BCUT2D eigenvalue weighted by Gasteiger charge is -2.23. The maximum absolute atomic E-state index is 13.0. The molecular weight excluding hydrogens is 282 g/mol. The van der Waals surface area contributed by atoms with Crippen LogP contribution in [0, 0.1) is 0 Å². The zero-order valence-corrected chi connectivity index (χ0v) is 11.4. The van der Waals surface area contributed by atoms with Gasteiger partial charge in [-0.15, -0.1) is 0 Å². The Hall–Kier alpha value is -0.350. The van der Waals surface area contributed by atoms with E-state index in [1.54, 1.807) is 0 Å². The molecule has 0 aliphatic carbocycles. The number of aliphatic hydroxyl groups excluding tert-OH is 1. The number of halogens is 2. The first-order chi connectivity index (χ1) is 8.66. The molecule has 2 aliphatic rings. The molecular formula is C10H18F2N2O4S. The maximum atomic E-state index is 13.0. The highest BCUT2D eigenvalue weighted by atomic mass is 32.2. The Bertz CT molecular complexity index is 431. The normalized spacial score (nSPS) is 35.9. The van der Waals surface area contributed by atoms with E-state index in [0.29, 0.717) is 0 Å². The Morgan fingerprint density at radius 2 is 2.21 bits per heavy atom. The highest BCUT2D eigenvalue weighted by Gasteiger charge is 2.43. The third-order valence-corrected chi connectivity index (χ3v) is 4.07. The zero-order chi connectivity index (χ0) is 14.3. The number of alkyl halides is 2. The van der Waals surface area contributed by atoms with Crippen molar-refractivity contribution >= 4 is 10.0 Å². The molecule has 0 unspecified atom stereocenters. The van der Waals surface area contributed by atoms with Crippen molar-refractivity contribution in [2.24, 2.45) is 0 Å². The van der Waals surface area contributed by atoms with Crippen LogP contribution in [0.3, 0.4) is 0 Å². The van der Waals surface area contributed by atoms with Crippen LogP contribution in [0.2, 0.25) is 0 Å². The van der Waals surface area contributed by atoms with Gasteiger partial charge in [0.15, 0.2) is 0 Å². The minimum atomic E-state index is -3.43. The molecule has 0 amide bonds. The molecule has 2 fully saturated rings. The van der Waals surface area contributed by atoms with Crippen molar-refractivity contribution in [1.29, 1.82) is 0 Å². The number of aliphatic hydroxyl groups is 1. The van der Waals surface area contributed by atoms with E-state index in [0.717, 1.165) is 6.26 Å². The summed E-state index contributed by atoms with van der Waals surface area (Å²) in [6.07, 6.45) is -0.869. The molecule has 6 nitrogen and oxygen atoms in total. The number of rotatable bonds is 4. The summed E-state index contributed by atoms with van der Waals surface area (Å²) in [5, 5.41) is 9.94. The Kier molecular flexibility index (Phi) is 4.12. The summed E-state index contributed by atoms with van der Waals surface area (Å²) < 4.78 is 55.8. The highest BCUT2D eigenvalue weighted by molar-refractivity contribution is 7.88. The van der Waals surface area contributed by atoms with Gasteiger partial charge in [0.2, 0.25) is 10.0 Å². The van der Waals surface area contributed by atoms with Gasteiger partial charge >= 0.3 is 0 Å². The van der Waals surface area contributed by atoms with E-state index in [2.05, 4.69) is 4.72 Å². The van der Waals surface area contributed by atoms with Crippen LogP contribution >= 0.6 is 0 Å². The Morgan fingerprint density at radius 3 is 2.74 bits per heavy atom. The van der Waals surface area contributed by atoms with Crippen LogP contribution in [0.4, 0.5) is 8.78 Å². The van der Waals surface area contributed by atoms with E-state index in [9.17, 15) is 22.3 Å². The predicted molar refractivity (Wildman–Crippen MR) is 63.5 cm³/mol. The predicted octanol–water partition coefficient (Wildman–Crippen LogP) is -0.995. The van der Waals surface area contributed by atoms with Crippen molar-refractivity contribution in [1.82, 2.24) is 9.62 Å². The molecule has 0 radical (unpaired) electrons. The van der Waals surface area contributed by atoms with E-state index in [4.69, 9.17) is 4.74 Å². The molecule has 2 aliphatic heterocycles. The van der Waals surface area contributed by atoms with E-state index in [1.807, 2.05) is 0 Å². The highest BCUT2D eigenvalue weighted by Crippen LogP contribution is 2.28. The second-order valence-electron chi connectivity index (χ2n) is 5.20. The van der Waals surface area contributed by atoms with E-state index < -0.39 is 34.2 Å². The van der Waals surface area contributed by atoms with Gasteiger partial charge in [0.1, 0.15) is 0 Å². The summed E-state index contributed by atoms with van der Waals surface area (Å²) in [6, 6.07) is -0.719. The molecule has 0 bridgehead atoms. The number of sulfonamides is 1. The summed E-state index contributed by atoms with van der Waals surface area (Å²) in [5.74, 6) is -2.69. The summed E-state index contributed by atoms with van der Waals surface area (Å²) in [5.41, 5.74) is 0. The van der Waals surface area contributed by atoms with Crippen LogP contribution in [0.15, 0.2) is 0 Å². The van der Waals surface area contributed by atoms with Crippen molar-refractivity contribution in [3.05, 3.63) is 0 Å². The van der Waals surface area contributed by atoms with Crippen LogP contribution < -0.4 is 4.72 Å². The summed E-state index contributed by atoms with van der Waals surface area (Å²) in [4.78, 5) is 1.52. The molecule has 9 heteroatoms. The fourth-order valence-corrected chi connectivity index (χ4v) is 3.20. The molecule has 2 heterocycles. The van der Waals surface area contributed by atoms with Crippen molar-refractivity contribution < 1.29 is 27.0 Å². The third kappa shape index (κ3) is 4.06. The quantitative estimate of drug-likeness (QED) is 0.697. The molecule has 0 aromatic heterocycles. The van der Waals surface area contributed by atoms with Crippen molar-refractivity contribution in [3.63, 3.8) is 0 Å². The van der Waals surface area contributed by atoms with Crippen LogP contribution in [-0.4, -0.2) is 75.1 Å². The Labute approximate surface area is 110 Å². The lowest BCUT2D eigenvalue weighted by Crippen LogP contribution is -2.46. The largest absolute Gasteiger partial charge is 0.389 e. The minimum Gasteiger partial charge on any atom is -0.389 e. The third-order valence-electron chi connectivity index (χ3n) is 3.34. The minimum absolute atomic E-state index is 0.0448. The smallest absolute Gasteiger partial charge is 0.261 e. The standard InChI is InChI=1S/C10H18F2N2O4S/c1-19(16,17)13-7-5-18-8(9(7)15)4-14-3-2-10(11,12)6-14/h7-9,13,15H,2-6H2,1H3/t7-,8-,9+/m0/s1. The van der Waals surface area contributed by atoms with Gasteiger partial charge in [0, 0.05) is 19.5 Å². The molecule has 0 spiro atoms. The lowest BCUT2D eigenvalue weighted by molar-refractivity contribution is -0.00722.